The number of anilines is 1. The van der Waals surface area contributed by atoms with E-state index in [2.05, 4.69) is 0 Å². The Morgan fingerprint density at radius 3 is 2.43 bits per heavy atom. The Labute approximate surface area is 126 Å². The minimum atomic E-state index is -0.647. The lowest BCUT2D eigenvalue weighted by Gasteiger charge is -2.03. The van der Waals surface area contributed by atoms with Crippen LogP contribution in [0.15, 0.2) is 30.6 Å². The molecule has 1 heterocycles. The summed E-state index contributed by atoms with van der Waals surface area (Å²) in [7, 11) is 0. The number of benzene rings is 1. The highest BCUT2D eigenvalue weighted by Gasteiger charge is 2.14. The van der Waals surface area contributed by atoms with Gasteiger partial charge in [0.2, 0.25) is 0 Å². The summed E-state index contributed by atoms with van der Waals surface area (Å²) in [6.07, 6.45) is 3.02. The first-order chi connectivity index (χ1) is 9.49. The fourth-order valence-electron chi connectivity index (χ4n) is 1.91. The van der Waals surface area contributed by atoms with E-state index < -0.39 is 17.6 Å². The maximum Gasteiger partial charge on any atom is 0.341 e. The lowest BCUT2D eigenvalue weighted by Crippen LogP contribution is -2.05. The lowest BCUT2D eigenvalue weighted by atomic mass is 10.2. The summed E-state index contributed by atoms with van der Waals surface area (Å²) in [5.41, 5.74) is 6.66. The van der Waals surface area contributed by atoms with E-state index in [9.17, 15) is 13.6 Å². The molecule has 0 fully saturated rings. The first-order valence-corrected chi connectivity index (χ1v) is 6.07. The van der Waals surface area contributed by atoms with Gasteiger partial charge in [0.25, 0.3) is 0 Å². The normalized spacial score (nSPS) is 10.0. The summed E-state index contributed by atoms with van der Waals surface area (Å²) >= 11 is 0. The Morgan fingerprint density at radius 1 is 1.24 bits per heavy atom. The fraction of sp³-hybridized carbons (Fsp3) is 0.214. The van der Waals surface area contributed by atoms with Gasteiger partial charge in [-0.1, -0.05) is 0 Å². The van der Waals surface area contributed by atoms with Crippen molar-refractivity contribution in [1.82, 2.24) is 4.57 Å². The average Bonchev–Trinajstić information content (AvgIpc) is 2.69. The molecule has 1 aromatic carbocycles. The van der Waals surface area contributed by atoms with Gasteiger partial charge < -0.3 is 15.0 Å². The van der Waals surface area contributed by atoms with Crippen LogP contribution in [0.25, 0.3) is 0 Å². The average molecular weight is 317 g/mol. The number of nitrogen functional groups attached to an aromatic ring is 1. The van der Waals surface area contributed by atoms with Crippen molar-refractivity contribution in [1.29, 1.82) is 0 Å². The molecule has 0 aliphatic carbocycles. The van der Waals surface area contributed by atoms with Gasteiger partial charge in [-0.25, -0.2) is 13.6 Å². The van der Waals surface area contributed by atoms with Crippen LogP contribution in [0.3, 0.4) is 0 Å². The summed E-state index contributed by atoms with van der Waals surface area (Å²) in [5, 5.41) is 0. The summed E-state index contributed by atoms with van der Waals surface area (Å²) in [6.45, 7) is 2.15. The molecule has 7 heteroatoms. The smallest absolute Gasteiger partial charge is 0.341 e. The number of rotatable bonds is 4. The standard InChI is InChI=1S/C14H14F2N2O2.ClH/c1-2-20-14(19)12-7-18(8-13(12)17)6-9-3-10(15)5-11(16)4-9;/h3-5,7-8H,2,6,17H2,1H3;1H. The molecule has 1 aromatic heterocycles. The van der Waals surface area contributed by atoms with Gasteiger partial charge in [-0.2, -0.15) is 0 Å². The molecule has 2 N–H and O–H groups in total. The second-order valence-corrected chi connectivity index (χ2v) is 4.30. The quantitative estimate of drug-likeness (QED) is 0.882. The second kappa shape index (κ2) is 7.08. The van der Waals surface area contributed by atoms with Crippen LogP contribution in [-0.4, -0.2) is 17.1 Å². The SMILES string of the molecule is CCOC(=O)c1cn(Cc2cc(F)cc(F)c2)cc1N.Cl. The van der Waals surface area contributed by atoms with E-state index in [1.54, 1.807) is 11.5 Å². The highest BCUT2D eigenvalue weighted by molar-refractivity contribution is 5.94. The molecular weight excluding hydrogens is 302 g/mol. The van der Waals surface area contributed by atoms with E-state index in [0.717, 1.165) is 6.07 Å². The van der Waals surface area contributed by atoms with Gasteiger partial charge in [0.05, 0.1) is 12.3 Å². The summed E-state index contributed by atoms with van der Waals surface area (Å²) in [6, 6.07) is 3.25. The second-order valence-electron chi connectivity index (χ2n) is 4.30. The molecule has 4 nitrogen and oxygen atoms in total. The van der Waals surface area contributed by atoms with Crippen LogP contribution in [0.4, 0.5) is 14.5 Å². The number of nitrogens with zero attached hydrogens (tertiary/aromatic N) is 1. The number of aromatic nitrogens is 1. The molecule has 0 spiro atoms. The molecule has 0 aliphatic heterocycles. The molecule has 0 aliphatic rings. The maximum atomic E-state index is 13.1. The van der Waals surface area contributed by atoms with Gasteiger partial charge in [-0.15, -0.1) is 12.4 Å². The van der Waals surface area contributed by atoms with Gasteiger partial charge in [-0.3, -0.25) is 0 Å². The van der Waals surface area contributed by atoms with E-state index in [1.165, 1.54) is 24.5 Å². The van der Waals surface area contributed by atoms with Gasteiger partial charge in [-0.05, 0) is 24.6 Å². The molecule has 0 unspecified atom stereocenters. The third kappa shape index (κ3) is 4.19. The van der Waals surface area contributed by atoms with Crippen molar-refractivity contribution in [3.63, 3.8) is 0 Å². The van der Waals surface area contributed by atoms with Crippen molar-refractivity contribution >= 4 is 24.1 Å². The first-order valence-electron chi connectivity index (χ1n) is 6.07. The van der Waals surface area contributed by atoms with E-state index in [1.807, 2.05) is 0 Å². The Balaban J connectivity index is 0.00000220. The van der Waals surface area contributed by atoms with Crippen LogP contribution in [0.2, 0.25) is 0 Å². The zero-order valence-corrected chi connectivity index (χ0v) is 12.1. The van der Waals surface area contributed by atoms with Crippen LogP contribution in [0, 0.1) is 11.6 Å². The highest BCUT2D eigenvalue weighted by atomic mass is 35.5. The largest absolute Gasteiger partial charge is 0.462 e. The summed E-state index contributed by atoms with van der Waals surface area (Å²) < 4.78 is 32.6. The minimum absolute atomic E-state index is 0. The van der Waals surface area contributed by atoms with Crippen LogP contribution in [-0.2, 0) is 11.3 Å². The number of hydrogen-bond donors (Lipinski definition) is 1. The van der Waals surface area contributed by atoms with Crippen molar-refractivity contribution in [2.45, 2.75) is 13.5 Å². The van der Waals surface area contributed by atoms with Crippen LogP contribution < -0.4 is 5.73 Å². The topological polar surface area (TPSA) is 57.2 Å². The van der Waals surface area contributed by atoms with Crippen LogP contribution in [0.5, 0.6) is 0 Å². The number of nitrogens with two attached hydrogens (primary N) is 1. The Bertz CT molecular complexity index is 624. The fourth-order valence-corrected chi connectivity index (χ4v) is 1.91. The maximum absolute atomic E-state index is 13.1. The molecule has 21 heavy (non-hydrogen) atoms. The zero-order valence-electron chi connectivity index (χ0n) is 11.3. The number of esters is 1. The van der Waals surface area contributed by atoms with E-state index in [4.69, 9.17) is 10.5 Å². The number of ether oxygens (including phenoxy) is 1. The van der Waals surface area contributed by atoms with E-state index >= 15 is 0 Å². The predicted octanol–water partition coefficient (Wildman–Crippen LogP) is 3.00. The third-order valence-corrected chi connectivity index (χ3v) is 2.69. The van der Waals surface area contributed by atoms with Gasteiger partial charge in [0.1, 0.15) is 17.2 Å². The molecule has 0 radical (unpaired) electrons. The minimum Gasteiger partial charge on any atom is -0.462 e. The van der Waals surface area contributed by atoms with Crippen LogP contribution >= 0.6 is 12.4 Å². The third-order valence-electron chi connectivity index (χ3n) is 2.69. The highest BCUT2D eigenvalue weighted by Crippen LogP contribution is 2.17. The van der Waals surface area contributed by atoms with Crippen molar-refractivity contribution < 1.29 is 18.3 Å². The summed E-state index contributed by atoms with van der Waals surface area (Å²) in [5.74, 6) is -1.81. The lowest BCUT2D eigenvalue weighted by molar-refractivity contribution is 0.0527. The number of carbonyl (C=O) groups excluding carboxylic acids is 1. The Morgan fingerprint density at radius 2 is 1.86 bits per heavy atom. The van der Waals surface area contributed by atoms with Crippen molar-refractivity contribution in [3.8, 4) is 0 Å². The Hall–Kier alpha value is -2.08. The predicted molar refractivity (Wildman–Crippen MR) is 77.5 cm³/mol. The molecule has 114 valence electrons. The van der Waals surface area contributed by atoms with Gasteiger partial charge in [0, 0.05) is 25.0 Å². The van der Waals surface area contributed by atoms with Crippen LogP contribution in [0.1, 0.15) is 22.8 Å². The number of hydrogen-bond acceptors (Lipinski definition) is 3. The van der Waals surface area contributed by atoms with Crippen molar-refractivity contribution in [3.05, 3.63) is 53.4 Å². The Kier molecular flexibility index (Phi) is 5.72. The first kappa shape index (κ1) is 17.0. The summed E-state index contributed by atoms with van der Waals surface area (Å²) in [4.78, 5) is 11.6. The van der Waals surface area contributed by atoms with Gasteiger partial charge in [0.15, 0.2) is 0 Å². The molecular formula is C14H15ClF2N2O2. The van der Waals surface area contributed by atoms with Gasteiger partial charge >= 0.3 is 5.97 Å². The van der Waals surface area contributed by atoms with Crippen molar-refractivity contribution in [2.24, 2.45) is 0 Å². The van der Waals surface area contributed by atoms with Crippen molar-refractivity contribution in [2.75, 3.05) is 12.3 Å². The molecule has 0 saturated carbocycles. The van der Waals surface area contributed by atoms with E-state index in [-0.39, 0.29) is 36.8 Å². The number of halogens is 3. The molecule has 2 rings (SSSR count). The number of carbonyl (C=O) groups is 1. The molecule has 2 aromatic rings. The monoisotopic (exact) mass is 316 g/mol. The molecule has 0 saturated heterocycles. The molecule has 0 amide bonds. The van der Waals surface area contributed by atoms with E-state index in [0.29, 0.717) is 5.56 Å². The zero-order chi connectivity index (χ0) is 14.7. The molecule has 0 atom stereocenters. The molecule has 0 bridgehead atoms.